The molecule has 5 heteroatoms. The molecule has 0 aliphatic rings. The first-order valence-electron chi connectivity index (χ1n) is 4.65. The molecule has 0 unspecified atom stereocenters. The van der Waals surface area contributed by atoms with Crippen LogP contribution in [0.4, 0.5) is 0 Å². The van der Waals surface area contributed by atoms with Gasteiger partial charge in [-0.3, -0.25) is 0 Å². The van der Waals surface area contributed by atoms with Crippen LogP contribution in [0.5, 0.6) is 11.5 Å². The molecule has 0 radical (unpaired) electrons. The van der Waals surface area contributed by atoms with Gasteiger partial charge >= 0.3 is 0 Å². The van der Waals surface area contributed by atoms with E-state index in [1.54, 1.807) is 0 Å². The molecule has 0 amide bonds. The summed E-state index contributed by atoms with van der Waals surface area (Å²) >= 11 is 13.9. The lowest BCUT2D eigenvalue weighted by Gasteiger charge is -2.12. The minimum Gasteiger partial charge on any atom is -0.455 e. The van der Waals surface area contributed by atoms with E-state index in [-0.39, 0.29) is 0 Å². The molecule has 0 N–H and O–H groups in total. The van der Waals surface area contributed by atoms with Gasteiger partial charge in [-0.15, -0.1) is 0 Å². The predicted octanol–water partition coefficient (Wildman–Crippen LogP) is 6.53. The van der Waals surface area contributed by atoms with Crippen LogP contribution in [-0.4, -0.2) is 0 Å². The van der Waals surface area contributed by atoms with E-state index >= 15 is 0 Å². The molecular weight excluding hydrogens is 480 g/mol. The first kappa shape index (κ1) is 13.6. The Morgan fingerprint density at radius 1 is 0.765 bits per heavy atom. The van der Waals surface area contributed by atoms with Crippen molar-refractivity contribution in [1.82, 2.24) is 0 Å². The van der Waals surface area contributed by atoms with E-state index in [0.29, 0.717) is 0 Å². The van der Waals surface area contributed by atoms with Crippen LogP contribution in [0.1, 0.15) is 0 Å². The minimum absolute atomic E-state index is 0.742. The van der Waals surface area contributed by atoms with Gasteiger partial charge in [0.05, 0.1) is 8.95 Å². The topological polar surface area (TPSA) is 9.23 Å². The molecule has 0 fully saturated rings. The van der Waals surface area contributed by atoms with Crippen molar-refractivity contribution < 1.29 is 4.74 Å². The van der Waals surface area contributed by atoms with Crippen LogP contribution in [-0.2, 0) is 0 Å². The molecule has 2 rings (SSSR count). The maximum atomic E-state index is 5.83. The highest BCUT2D eigenvalue weighted by Crippen LogP contribution is 2.44. The van der Waals surface area contributed by atoms with Gasteiger partial charge in [0, 0.05) is 8.95 Å². The number of ether oxygens (including phenoxy) is 1. The van der Waals surface area contributed by atoms with Crippen molar-refractivity contribution in [3.63, 3.8) is 0 Å². The second-order valence-corrected chi connectivity index (χ2v) is 6.51. The fourth-order valence-electron chi connectivity index (χ4n) is 1.25. The molecule has 0 bridgehead atoms. The predicted molar refractivity (Wildman–Crippen MR) is 83.8 cm³/mol. The number of hydrogen-bond acceptors (Lipinski definition) is 1. The number of hydrogen-bond donors (Lipinski definition) is 0. The Morgan fingerprint density at radius 2 is 1.41 bits per heavy atom. The van der Waals surface area contributed by atoms with Crippen LogP contribution in [0.2, 0.25) is 0 Å². The molecule has 2 aromatic rings. The summed E-state index contributed by atoms with van der Waals surface area (Å²) in [6.45, 7) is 0. The van der Waals surface area contributed by atoms with Crippen LogP contribution in [0.25, 0.3) is 0 Å². The molecule has 2 aromatic carbocycles. The Bertz CT molecular complexity index is 540. The third kappa shape index (κ3) is 3.13. The molecule has 0 aromatic heterocycles. The monoisotopic (exact) mass is 482 g/mol. The van der Waals surface area contributed by atoms with E-state index in [1.165, 1.54) is 0 Å². The fourth-order valence-corrected chi connectivity index (χ4v) is 3.83. The van der Waals surface area contributed by atoms with Crippen LogP contribution < -0.4 is 4.74 Å². The Labute approximate surface area is 133 Å². The second-order valence-electron chi connectivity index (χ2n) is 3.21. The van der Waals surface area contributed by atoms with Gasteiger partial charge in [-0.25, -0.2) is 0 Å². The van der Waals surface area contributed by atoms with Crippen LogP contribution in [0, 0.1) is 0 Å². The van der Waals surface area contributed by atoms with Crippen LogP contribution in [0.15, 0.2) is 54.3 Å². The molecule has 0 heterocycles. The number of rotatable bonds is 2. The molecule has 0 aliphatic heterocycles. The highest BCUT2D eigenvalue weighted by atomic mass is 79.9. The summed E-state index contributed by atoms with van der Waals surface area (Å²) in [6, 6.07) is 11.6. The zero-order valence-electron chi connectivity index (χ0n) is 8.38. The average molecular weight is 486 g/mol. The zero-order chi connectivity index (χ0) is 12.4. The molecule has 17 heavy (non-hydrogen) atoms. The van der Waals surface area contributed by atoms with E-state index < -0.39 is 0 Å². The first-order valence-corrected chi connectivity index (χ1v) is 7.82. The molecular formula is C12H6Br4O. The quantitative estimate of drug-likeness (QED) is 0.347. The Balaban J connectivity index is 2.43. The molecule has 0 saturated heterocycles. The van der Waals surface area contributed by atoms with Crippen molar-refractivity contribution in [3.8, 4) is 11.5 Å². The van der Waals surface area contributed by atoms with Crippen LogP contribution >= 0.6 is 63.7 Å². The summed E-state index contributed by atoms with van der Waals surface area (Å²) < 4.78 is 9.45. The normalized spacial score (nSPS) is 10.4. The van der Waals surface area contributed by atoms with Crippen molar-refractivity contribution in [2.75, 3.05) is 0 Å². The number of benzene rings is 2. The van der Waals surface area contributed by atoms with E-state index in [0.717, 1.165) is 29.4 Å². The summed E-state index contributed by atoms with van der Waals surface area (Å²) in [5.74, 6) is 1.54. The molecule has 0 saturated carbocycles. The Kier molecular flexibility index (Phi) is 4.69. The molecule has 0 spiro atoms. The largest absolute Gasteiger partial charge is 0.455 e. The third-order valence-electron chi connectivity index (χ3n) is 2.04. The van der Waals surface area contributed by atoms with E-state index in [9.17, 15) is 0 Å². The Hall–Kier alpha value is 0.160. The summed E-state index contributed by atoms with van der Waals surface area (Å²) in [4.78, 5) is 0. The zero-order valence-corrected chi connectivity index (χ0v) is 14.7. The maximum absolute atomic E-state index is 5.83. The summed E-state index contributed by atoms with van der Waals surface area (Å²) in [5, 5.41) is 0. The van der Waals surface area contributed by atoms with Crippen LogP contribution in [0.3, 0.4) is 0 Å². The lowest BCUT2D eigenvalue weighted by Crippen LogP contribution is -1.88. The van der Waals surface area contributed by atoms with Gasteiger partial charge in [0.25, 0.3) is 0 Å². The molecule has 1 nitrogen and oxygen atoms in total. The summed E-state index contributed by atoms with van der Waals surface area (Å²) in [5.41, 5.74) is 0. The minimum atomic E-state index is 0.742. The molecule has 0 aliphatic carbocycles. The van der Waals surface area contributed by atoms with Gasteiger partial charge in [0.1, 0.15) is 5.75 Å². The van der Waals surface area contributed by atoms with Gasteiger partial charge in [-0.1, -0.05) is 18.2 Å². The Morgan fingerprint density at radius 3 is 2.06 bits per heavy atom. The lowest BCUT2D eigenvalue weighted by molar-refractivity contribution is 0.476. The summed E-state index contributed by atoms with van der Waals surface area (Å²) in [7, 11) is 0. The van der Waals surface area contributed by atoms with E-state index in [1.807, 2.05) is 36.4 Å². The van der Waals surface area contributed by atoms with Crippen molar-refractivity contribution >= 4 is 63.7 Å². The van der Waals surface area contributed by atoms with Gasteiger partial charge in [-0.2, -0.15) is 0 Å². The van der Waals surface area contributed by atoms with E-state index in [4.69, 9.17) is 4.74 Å². The van der Waals surface area contributed by atoms with Crippen molar-refractivity contribution in [2.45, 2.75) is 0 Å². The van der Waals surface area contributed by atoms with Gasteiger partial charge in [0.15, 0.2) is 5.75 Å². The highest BCUT2D eigenvalue weighted by Gasteiger charge is 2.14. The maximum Gasteiger partial charge on any atom is 0.156 e. The second kappa shape index (κ2) is 5.87. The standard InChI is InChI=1S/C12H6Br4O/c13-8-6-9(14)12(11(16)10(8)15)17-7-4-2-1-3-5-7/h1-6H. The van der Waals surface area contributed by atoms with Crippen molar-refractivity contribution in [3.05, 3.63) is 54.3 Å². The number of para-hydroxylation sites is 1. The molecule has 0 atom stereocenters. The van der Waals surface area contributed by atoms with Gasteiger partial charge < -0.3 is 4.74 Å². The highest BCUT2D eigenvalue weighted by molar-refractivity contribution is 9.14. The van der Waals surface area contributed by atoms with E-state index in [2.05, 4.69) is 63.7 Å². The van der Waals surface area contributed by atoms with Gasteiger partial charge in [0.2, 0.25) is 0 Å². The lowest BCUT2D eigenvalue weighted by atomic mass is 10.3. The van der Waals surface area contributed by atoms with Gasteiger partial charge in [-0.05, 0) is 81.9 Å². The average Bonchev–Trinajstić information content (AvgIpc) is 2.33. The summed E-state index contributed by atoms with van der Waals surface area (Å²) in [6.07, 6.45) is 0. The third-order valence-corrected chi connectivity index (χ3v) is 5.89. The number of halogens is 4. The SMILES string of the molecule is Brc1cc(Br)c(Oc2ccccc2)c(Br)c1Br. The fraction of sp³-hybridized carbons (Fsp3) is 0. The smallest absolute Gasteiger partial charge is 0.156 e. The first-order chi connectivity index (χ1) is 8.09. The van der Waals surface area contributed by atoms with Crippen molar-refractivity contribution in [2.24, 2.45) is 0 Å². The molecule has 88 valence electrons. The van der Waals surface area contributed by atoms with Crippen molar-refractivity contribution in [1.29, 1.82) is 0 Å².